The third kappa shape index (κ3) is 4.35. The smallest absolute Gasteiger partial charge is 0.228 e. The molecule has 0 atom stereocenters. The van der Waals surface area contributed by atoms with Crippen molar-refractivity contribution in [1.82, 2.24) is 4.98 Å². The third-order valence-electron chi connectivity index (χ3n) is 4.40. The van der Waals surface area contributed by atoms with E-state index in [4.69, 9.17) is 4.42 Å². The van der Waals surface area contributed by atoms with E-state index < -0.39 is 9.84 Å². The number of fused-ring (bicyclic) bond motifs is 1. The van der Waals surface area contributed by atoms with E-state index in [-0.39, 0.29) is 17.2 Å². The maximum atomic E-state index is 12.4. The van der Waals surface area contributed by atoms with Crippen LogP contribution in [0.15, 0.2) is 82.1 Å². The number of para-hydroxylation sites is 2. The van der Waals surface area contributed by atoms with Crippen LogP contribution in [0.4, 0.5) is 5.69 Å². The molecule has 1 N–H and O–H groups in total. The molecule has 0 radical (unpaired) electrons. The Hall–Kier alpha value is -3.45. The Morgan fingerprint density at radius 3 is 2.48 bits per heavy atom. The standard InChI is InChI=1S/C22H18N2O4S/c1-29(26,27)18-11-9-15(10-12-18)13-21(25)23-17-6-4-5-16(14-17)22-24-19-7-2-3-8-20(19)28-22/h2-12,14H,13H2,1H3,(H,23,25). The molecule has 7 heteroatoms. The quantitative estimate of drug-likeness (QED) is 0.539. The van der Waals surface area contributed by atoms with Gasteiger partial charge in [-0.3, -0.25) is 4.79 Å². The summed E-state index contributed by atoms with van der Waals surface area (Å²) in [5.41, 5.74) is 3.59. The molecule has 0 aliphatic rings. The zero-order valence-electron chi connectivity index (χ0n) is 15.6. The average molecular weight is 406 g/mol. The summed E-state index contributed by atoms with van der Waals surface area (Å²) in [5, 5.41) is 2.85. The van der Waals surface area contributed by atoms with Crippen molar-refractivity contribution in [3.05, 3.63) is 78.4 Å². The molecule has 0 aliphatic heterocycles. The molecule has 0 fully saturated rings. The van der Waals surface area contributed by atoms with Gasteiger partial charge >= 0.3 is 0 Å². The highest BCUT2D eigenvalue weighted by atomic mass is 32.2. The Morgan fingerprint density at radius 1 is 1.00 bits per heavy atom. The summed E-state index contributed by atoms with van der Waals surface area (Å²) in [7, 11) is -3.25. The lowest BCUT2D eigenvalue weighted by molar-refractivity contribution is -0.115. The molecule has 0 bridgehead atoms. The third-order valence-corrected chi connectivity index (χ3v) is 5.53. The highest BCUT2D eigenvalue weighted by Gasteiger charge is 2.11. The molecule has 0 saturated heterocycles. The molecule has 0 saturated carbocycles. The summed E-state index contributed by atoms with van der Waals surface area (Å²) in [5.74, 6) is 0.283. The van der Waals surface area contributed by atoms with Gasteiger partial charge in [0.2, 0.25) is 11.8 Å². The zero-order valence-corrected chi connectivity index (χ0v) is 16.4. The van der Waals surface area contributed by atoms with Crippen molar-refractivity contribution < 1.29 is 17.6 Å². The van der Waals surface area contributed by atoms with Crippen molar-refractivity contribution in [2.24, 2.45) is 0 Å². The summed E-state index contributed by atoms with van der Waals surface area (Å²) < 4.78 is 28.8. The predicted octanol–water partition coefficient (Wildman–Crippen LogP) is 4.08. The number of benzene rings is 3. The highest BCUT2D eigenvalue weighted by Crippen LogP contribution is 2.26. The SMILES string of the molecule is CS(=O)(=O)c1ccc(CC(=O)Nc2cccc(-c3nc4ccccc4o3)c2)cc1. The Bertz CT molecular complexity index is 1260. The fraction of sp³-hybridized carbons (Fsp3) is 0.0909. The second kappa shape index (κ2) is 7.52. The van der Waals surface area contributed by atoms with Gasteiger partial charge in [0.1, 0.15) is 5.52 Å². The maximum Gasteiger partial charge on any atom is 0.228 e. The summed E-state index contributed by atoms with van der Waals surface area (Å²) in [6.45, 7) is 0. The number of nitrogens with one attached hydrogen (secondary N) is 1. The highest BCUT2D eigenvalue weighted by molar-refractivity contribution is 7.90. The van der Waals surface area contributed by atoms with Gasteiger partial charge in [0.25, 0.3) is 0 Å². The number of amides is 1. The summed E-state index contributed by atoms with van der Waals surface area (Å²) in [4.78, 5) is 17.1. The van der Waals surface area contributed by atoms with E-state index in [1.807, 2.05) is 36.4 Å². The number of carbonyl (C=O) groups excluding carboxylic acids is 1. The number of rotatable bonds is 5. The van der Waals surface area contributed by atoms with Crippen LogP contribution >= 0.6 is 0 Å². The maximum absolute atomic E-state index is 12.4. The van der Waals surface area contributed by atoms with Crippen molar-refractivity contribution in [2.45, 2.75) is 11.3 Å². The molecule has 0 unspecified atom stereocenters. The molecular formula is C22H18N2O4S. The van der Waals surface area contributed by atoms with Gasteiger partial charge in [-0.05, 0) is 48.0 Å². The van der Waals surface area contributed by atoms with E-state index in [9.17, 15) is 13.2 Å². The molecule has 4 aromatic rings. The van der Waals surface area contributed by atoms with Gasteiger partial charge in [-0.1, -0.05) is 30.3 Å². The summed E-state index contributed by atoms with van der Waals surface area (Å²) in [6, 6.07) is 21.1. The van der Waals surface area contributed by atoms with Crippen molar-refractivity contribution in [3.8, 4) is 11.5 Å². The van der Waals surface area contributed by atoms with Gasteiger partial charge in [-0.15, -0.1) is 0 Å². The first-order valence-corrected chi connectivity index (χ1v) is 10.8. The van der Waals surface area contributed by atoms with Crippen LogP contribution in [0.3, 0.4) is 0 Å². The van der Waals surface area contributed by atoms with Gasteiger partial charge in [0.15, 0.2) is 15.4 Å². The van der Waals surface area contributed by atoms with Crippen molar-refractivity contribution in [3.63, 3.8) is 0 Å². The topological polar surface area (TPSA) is 89.3 Å². The van der Waals surface area contributed by atoms with Gasteiger partial charge in [0, 0.05) is 17.5 Å². The fourth-order valence-electron chi connectivity index (χ4n) is 2.97. The molecule has 4 rings (SSSR count). The van der Waals surface area contributed by atoms with E-state index in [0.29, 0.717) is 17.2 Å². The molecule has 1 aromatic heterocycles. The number of hydrogen-bond donors (Lipinski definition) is 1. The van der Waals surface area contributed by atoms with Crippen LogP contribution in [0.5, 0.6) is 0 Å². The number of hydrogen-bond acceptors (Lipinski definition) is 5. The number of nitrogens with zero attached hydrogens (tertiary/aromatic N) is 1. The first kappa shape index (κ1) is 18.9. The lowest BCUT2D eigenvalue weighted by Gasteiger charge is -2.07. The Morgan fingerprint density at radius 2 is 1.76 bits per heavy atom. The number of oxazole rings is 1. The molecular weight excluding hydrogens is 388 g/mol. The van der Waals surface area contributed by atoms with E-state index in [1.54, 1.807) is 24.3 Å². The molecule has 1 heterocycles. The number of anilines is 1. The Kier molecular flexibility index (Phi) is 4.90. The molecule has 0 aliphatic carbocycles. The van der Waals surface area contributed by atoms with E-state index in [0.717, 1.165) is 22.9 Å². The average Bonchev–Trinajstić information content (AvgIpc) is 3.12. The van der Waals surface area contributed by atoms with Gasteiger partial charge in [-0.25, -0.2) is 13.4 Å². The molecule has 0 spiro atoms. The second-order valence-electron chi connectivity index (χ2n) is 6.71. The first-order valence-electron chi connectivity index (χ1n) is 8.93. The van der Waals surface area contributed by atoms with Crippen LogP contribution in [-0.2, 0) is 21.1 Å². The molecule has 29 heavy (non-hydrogen) atoms. The number of carbonyl (C=O) groups is 1. The molecule has 146 valence electrons. The van der Waals surface area contributed by atoms with Crippen LogP contribution in [0.25, 0.3) is 22.6 Å². The van der Waals surface area contributed by atoms with Crippen molar-refractivity contribution in [1.29, 1.82) is 0 Å². The van der Waals surface area contributed by atoms with Crippen LogP contribution < -0.4 is 5.32 Å². The monoisotopic (exact) mass is 406 g/mol. The molecule has 1 amide bonds. The summed E-state index contributed by atoms with van der Waals surface area (Å²) >= 11 is 0. The van der Waals surface area contributed by atoms with Crippen LogP contribution in [-0.4, -0.2) is 25.6 Å². The minimum Gasteiger partial charge on any atom is -0.436 e. The van der Waals surface area contributed by atoms with Crippen molar-refractivity contribution >= 4 is 32.5 Å². The number of aromatic nitrogens is 1. The van der Waals surface area contributed by atoms with E-state index in [1.165, 1.54) is 12.1 Å². The van der Waals surface area contributed by atoms with Gasteiger partial charge in [0.05, 0.1) is 11.3 Å². The minimum absolute atomic E-state index is 0.136. The first-order chi connectivity index (χ1) is 13.9. The molecule has 3 aromatic carbocycles. The molecule has 6 nitrogen and oxygen atoms in total. The fourth-order valence-corrected chi connectivity index (χ4v) is 3.60. The lowest BCUT2D eigenvalue weighted by Crippen LogP contribution is -2.14. The minimum atomic E-state index is -3.25. The Labute approximate surface area is 168 Å². The largest absolute Gasteiger partial charge is 0.436 e. The van der Waals surface area contributed by atoms with Crippen LogP contribution in [0.2, 0.25) is 0 Å². The van der Waals surface area contributed by atoms with Gasteiger partial charge in [-0.2, -0.15) is 0 Å². The normalized spacial score (nSPS) is 11.5. The van der Waals surface area contributed by atoms with Crippen molar-refractivity contribution in [2.75, 3.05) is 11.6 Å². The predicted molar refractivity (Wildman–Crippen MR) is 111 cm³/mol. The van der Waals surface area contributed by atoms with Crippen LogP contribution in [0, 0.1) is 0 Å². The zero-order chi connectivity index (χ0) is 20.4. The second-order valence-corrected chi connectivity index (χ2v) is 8.72. The number of sulfone groups is 1. The lowest BCUT2D eigenvalue weighted by atomic mass is 10.1. The van der Waals surface area contributed by atoms with Gasteiger partial charge < -0.3 is 9.73 Å². The van der Waals surface area contributed by atoms with Crippen LogP contribution in [0.1, 0.15) is 5.56 Å². The summed E-state index contributed by atoms with van der Waals surface area (Å²) in [6.07, 6.45) is 1.29. The van der Waals surface area contributed by atoms with E-state index in [2.05, 4.69) is 10.3 Å². The Balaban J connectivity index is 1.48. The van der Waals surface area contributed by atoms with E-state index >= 15 is 0 Å².